The SMILES string of the molecule is Clc1ccc(N=c2scc(-c3cccs3)n2N=Cc2ccc[nH]2)c(Cl)c1. The van der Waals surface area contributed by atoms with Crippen molar-refractivity contribution >= 4 is 57.8 Å². The molecular weight excluding hydrogens is 407 g/mol. The monoisotopic (exact) mass is 418 g/mol. The first-order chi connectivity index (χ1) is 12.7. The Kier molecular flexibility index (Phi) is 5.08. The summed E-state index contributed by atoms with van der Waals surface area (Å²) < 4.78 is 1.82. The summed E-state index contributed by atoms with van der Waals surface area (Å²) in [5, 5.41) is 9.79. The number of H-pyrrole nitrogens is 1. The highest BCUT2D eigenvalue weighted by Gasteiger charge is 2.09. The summed E-state index contributed by atoms with van der Waals surface area (Å²) in [4.78, 5) is 9.64. The summed E-state index contributed by atoms with van der Waals surface area (Å²) in [6.45, 7) is 0. The molecule has 0 aliphatic carbocycles. The van der Waals surface area contributed by atoms with Gasteiger partial charge in [-0.1, -0.05) is 29.3 Å². The number of nitrogens with zero attached hydrogens (tertiary/aromatic N) is 3. The van der Waals surface area contributed by atoms with Crippen molar-refractivity contribution < 1.29 is 0 Å². The first-order valence-corrected chi connectivity index (χ1v) is 10.1. The minimum Gasteiger partial charge on any atom is -0.360 e. The third kappa shape index (κ3) is 3.68. The first kappa shape index (κ1) is 17.3. The fourth-order valence-electron chi connectivity index (χ4n) is 2.30. The fourth-order valence-corrected chi connectivity index (χ4v) is 4.40. The van der Waals surface area contributed by atoms with Crippen molar-refractivity contribution in [3.8, 4) is 10.6 Å². The second-order valence-electron chi connectivity index (χ2n) is 5.27. The zero-order chi connectivity index (χ0) is 17.9. The maximum absolute atomic E-state index is 6.27. The van der Waals surface area contributed by atoms with E-state index in [9.17, 15) is 0 Å². The lowest BCUT2D eigenvalue weighted by Crippen LogP contribution is -2.11. The largest absolute Gasteiger partial charge is 0.360 e. The maximum atomic E-state index is 6.27. The average Bonchev–Trinajstić information content (AvgIpc) is 3.37. The smallest absolute Gasteiger partial charge is 0.211 e. The molecular formula is C18H12Cl2N4S2. The van der Waals surface area contributed by atoms with E-state index in [1.54, 1.807) is 35.8 Å². The van der Waals surface area contributed by atoms with Crippen LogP contribution in [0.5, 0.6) is 0 Å². The first-order valence-electron chi connectivity index (χ1n) is 7.62. The highest BCUT2D eigenvalue weighted by Crippen LogP contribution is 2.29. The zero-order valence-corrected chi connectivity index (χ0v) is 16.4. The van der Waals surface area contributed by atoms with E-state index in [1.807, 2.05) is 39.8 Å². The maximum Gasteiger partial charge on any atom is 0.211 e. The van der Waals surface area contributed by atoms with Crippen LogP contribution in [0.15, 0.2) is 69.5 Å². The summed E-state index contributed by atoms with van der Waals surface area (Å²) in [7, 11) is 0. The summed E-state index contributed by atoms with van der Waals surface area (Å²) in [5.41, 5.74) is 2.55. The third-order valence-corrected chi connectivity index (χ3v) is 5.77. The Morgan fingerprint density at radius 3 is 2.73 bits per heavy atom. The normalized spacial score (nSPS) is 12.3. The highest BCUT2D eigenvalue weighted by molar-refractivity contribution is 7.14. The van der Waals surface area contributed by atoms with Gasteiger partial charge in [0.25, 0.3) is 0 Å². The standard InChI is InChI=1S/C18H12Cl2N4S2/c19-12-5-6-15(14(20)9-12)23-18-24(22-10-13-3-1-7-21-13)16(11-26-18)17-4-2-8-25-17/h1-11,21H. The molecule has 0 amide bonds. The third-order valence-electron chi connectivity index (χ3n) is 3.52. The van der Waals surface area contributed by atoms with Crippen molar-refractivity contribution in [3.63, 3.8) is 0 Å². The number of nitrogens with one attached hydrogen (secondary N) is 1. The molecule has 26 heavy (non-hydrogen) atoms. The number of aromatic nitrogens is 2. The molecule has 1 aromatic carbocycles. The number of hydrogen-bond acceptors (Lipinski definition) is 4. The number of benzene rings is 1. The molecule has 0 saturated heterocycles. The molecule has 130 valence electrons. The number of thiophene rings is 1. The molecule has 0 atom stereocenters. The van der Waals surface area contributed by atoms with Crippen molar-refractivity contribution in [2.75, 3.05) is 0 Å². The van der Waals surface area contributed by atoms with Crippen molar-refractivity contribution in [1.82, 2.24) is 9.66 Å². The number of aromatic amines is 1. The van der Waals surface area contributed by atoms with E-state index in [-0.39, 0.29) is 0 Å². The summed E-state index contributed by atoms with van der Waals surface area (Å²) in [6.07, 6.45) is 3.63. The Morgan fingerprint density at radius 1 is 1.08 bits per heavy atom. The predicted octanol–water partition coefficient (Wildman–Crippen LogP) is 6.03. The van der Waals surface area contributed by atoms with Crippen LogP contribution in [0.1, 0.15) is 5.69 Å². The van der Waals surface area contributed by atoms with Crippen LogP contribution < -0.4 is 4.80 Å². The number of hydrogen-bond donors (Lipinski definition) is 1. The van der Waals surface area contributed by atoms with E-state index in [1.165, 1.54) is 11.3 Å². The average molecular weight is 419 g/mol. The van der Waals surface area contributed by atoms with Gasteiger partial charge in [-0.05, 0) is 41.8 Å². The van der Waals surface area contributed by atoms with Gasteiger partial charge in [-0.3, -0.25) is 0 Å². The van der Waals surface area contributed by atoms with Crippen molar-refractivity contribution in [1.29, 1.82) is 0 Å². The molecule has 0 bridgehead atoms. The molecule has 0 saturated carbocycles. The van der Waals surface area contributed by atoms with Gasteiger partial charge in [0.05, 0.1) is 33.2 Å². The fraction of sp³-hybridized carbons (Fsp3) is 0. The molecule has 0 aliphatic rings. The van der Waals surface area contributed by atoms with E-state index in [0.29, 0.717) is 15.7 Å². The van der Waals surface area contributed by atoms with E-state index >= 15 is 0 Å². The molecule has 3 aromatic heterocycles. The zero-order valence-electron chi connectivity index (χ0n) is 13.3. The van der Waals surface area contributed by atoms with Gasteiger partial charge in [-0.15, -0.1) is 22.7 Å². The molecule has 0 spiro atoms. The molecule has 3 heterocycles. The van der Waals surface area contributed by atoms with Crippen LogP contribution in [0.3, 0.4) is 0 Å². The van der Waals surface area contributed by atoms with Gasteiger partial charge in [0.1, 0.15) is 0 Å². The summed E-state index contributed by atoms with van der Waals surface area (Å²) >= 11 is 15.4. The van der Waals surface area contributed by atoms with Crippen LogP contribution in [-0.4, -0.2) is 15.9 Å². The van der Waals surface area contributed by atoms with Crippen LogP contribution in [-0.2, 0) is 0 Å². The quantitative estimate of drug-likeness (QED) is 0.393. The van der Waals surface area contributed by atoms with Crippen LogP contribution >= 0.6 is 45.9 Å². The van der Waals surface area contributed by atoms with Crippen molar-refractivity contribution in [2.45, 2.75) is 0 Å². The van der Waals surface area contributed by atoms with Crippen molar-refractivity contribution in [2.24, 2.45) is 10.1 Å². The molecule has 0 fully saturated rings. The molecule has 0 unspecified atom stereocenters. The molecule has 8 heteroatoms. The number of rotatable bonds is 4. The van der Waals surface area contributed by atoms with Gasteiger partial charge in [0, 0.05) is 16.6 Å². The Balaban J connectivity index is 1.85. The van der Waals surface area contributed by atoms with E-state index < -0.39 is 0 Å². The van der Waals surface area contributed by atoms with E-state index in [2.05, 4.69) is 21.1 Å². The molecule has 1 N–H and O–H groups in total. The Hall–Kier alpha value is -2.12. The van der Waals surface area contributed by atoms with Gasteiger partial charge >= 0.3 is 0 Å². The van der Waals surface area contributed by atoms with E-state index in [0.717, 1.165) is 21.1 Å². The van der Waals surface area contributed by atoms with Gasteiger partial charge in [0.15, 0.2) is 0 Å². The Labute approximate surface area is 167 Å². The van der Waals surface area contributed by atoms with Crippen LogP contribution in [0, 0.1) is 0 Å². The lowest BCUT2D eigenvalue weighted by Gasteiger charge is -2.01. The molecule has 4 nitrogen and oxygen atoms in total. The highest BCUT2D eigenvalue weighted by atomic mass is 35.5. The van der Waals surface area contributed by atoms with Gasteiger partial charge in [-0.25, -0.2) is 9.67 Å². The minimum atomic E-state index is 0.503. The van der Waals surface area contributed by atoms with Crippen LogP contribution in [0.4, 0.5) is 5.69 Å². The van der Waals surface area contributed by atoms with Gasteiger partial charge < -0.3 is 4.98 Å². The summed E-state index contributed by atoms with van der Waals surface area (Å²) in [5.74, 6) is 0. The Morgan fingerprint density at radius 2 is 2.00 bits per heavy atom. The second kappa shape index (κ2) is 7.63. The van der Waals surface area contributed by atoms with Crippen LogP contribution in [0.25, 0.3) is 10.6 Å². The van der Waals surface area contributed by atoms with Gasteiger partial charge in [0.2, 0.25) is 4.80 Å². The number of thiazole rings is 1. The van der Waals surface area contributed by atoms with Crippen LogP contribution in [0.2, 0.25) is 10.0 Å². The topological polar surface area (TPSA) is 45.4 Å². The van der Waals surface area contributed by atoms with Gasteiger partial charge in [-0.2, -0.15) is 5.10 Å². The Bertz CT molecular complexity index is 1110. The second-order valence-corrected chi connectivity index (χ2v) is 7.90. The summed E-state index contributed by atoms with van der Waals surface area (Å²) in [6, 6.07) is 13.2. The molecule has 0 aliphatic heterocycles. The lowest BCUT2D eigenvalue weighted by molar-refractivity contribution is 0.856. The number of halogens is 2. The lowest BCUT2D eigenvalue weighted by atomic mass is 10.3. The predicted molar refractivity (Wildman–Crippen MR) is 111 cm³/mol. The minimum absolute atomic E-state index is 0.503. The van der Waals surface area contributed by atoms with Crippen molar-refractivity contribution in [3.05, 3.63) is 80.0 Å². The van der Waals surface area contributed by atoms with E-state index in [4.69, 9.17) is 23.2 Å². The molecule has 4 aromatic rings. The molecule has 4 rings (SSSR count). The molecule has 0 radical (unpaired) electrons.